The molecule has 5 nitrogen and oxygen atoms in total. The molecule has 1 amide bonds. The van der Waals surface area contributed by atoms with Gasteiger partial charge < -0.3 is 10.6 Å². The summed E-state index contributed by atoms with van der Waals surface area (Å²) < 4.78 is -1.79. The van der Waals surface area contributed by atoms with E-state index < -0.39 is 9.96 Å². The van der Waals surface area contributed by atoms with Gasteiger partial charge in [0.2, 0.25) is 8.92 Å². The summed E-state index contributed by atoms with van der Waals surface area (Å²) in [6.45, 7) is 1.94. The van der Waals surface area contributed by atoms with Gasteiger partial charge in [-0.2, -0.15) is 0 Å². The van der Waals surface area contributed by atoms with E-state index in [9.17, 15) is 4.79 Å². The molecule has 2 N–H and O–H groups in total. The van der Waals surface area contributed by atoms with Crippen LogP contribution in [0.5, 0.6) is 0 Å². The number of carbonyl (C=O) groups excluding carboxylic acids is 1. The Labute approximate surface area is 175 Å². The predicted molar refractivity (Wildman–Crippen MR) is 112 cm³/mol. The number of nitrogens with zero attached hydrogens (tertiary/aromatic N) is 2. The van der Waals surface area contributed by atoms with Crippen LogP contribution in [0.2, 0.25) is 0 Å². The van der Waals surface area contributed by atoms with Crippen LogP contribution in [-0.2, 0) is 0 Å². The Morgan fingerprint density at radius 1 is 1.04 bits per heavy atom. The SMILES string of the molecule is Cc1ccc(C(=O)NC(Nc2nnc(-c3ccccc3)s2)C(Cl)(Cl)Cl)cc1. The van der Waals surface area contributed by atoms with Gasteiger partial charge in [-0.05, 0) is 19.1 Å². The molecule has 1 unspecified atom stereocenters. The monoisotopic (exact) mass is 440 g/mol. The maximum absolute atomic E-state index is 12.5. The molecule has 140 valence electrons. The van der Waals surface area contributed by atoms with E-state index in [0.29, 0.717) is 15.7 Å². The first-order chi connectivity index (χ1) is 12.8. The largest absolute Gasteiger partial charge is 0.336 e. The fourth-order valence-corrected chi connectivity index (χ4v) is 3.33. The van der Waals surface area contributed by atoms with Gasteiger partial charge in [-0.1, -0.05) is 94.2 Å². The first kappa shape index (κ1) is 19.9. The summed E-state index contributed by atoms with van der Waals surface area (Å²) in [5.74, 6) is -0.369. The van der Waals surface area contributed by atoms with E-state index in [1.165, 1.54) is 11.3 Å². The predicted octanol–water partition coefficient (Wildman–Crippen LogP) is 5.05. The van der Waals surface area contributed by atoms with E-state index in [2.05, 4.69) is 20.8 Å². The summed E-state index contributed by atoms with van der Waals surface area (Å²) in [4.78, 5) is 12.5. The molecule has 1 heterocycles. The third kappa shape index (κ3) is 5.32. The van der Waals surface area contributed by atoms with Crippen LogP contribution in [0.1, 0.15) is 15.9 Å². The van der Waals surface area contributed by atoms with Crippen molar-refractivity contribution in [2.75, 3.05) is 5.32 Å². The van der Waals surface area contributed by atoms with Crippen molar-refractivity contribution < 1.29 is 4.79 Å². The number of benzene rings is 2. The highest BCUT2D eigenvalue weighted by atomic mass is 35.6. The molecule has 3 rings (SSSR count). The second-order valence-corrected chi connectivity index (χ2v) is 9.08. The Morgan fingerprint density at radius 2 is 1.70 bits per heavy atom. The molecule has 0 aliphatic heterocycles. The first-order valence-electron chi connectivity index (χ1n) is 7.92. The number of anilines is 1. The molecule has 0 saturated heterocycles. The van der Waals surface area contributed by atoms with Gasteiger partial charge in [-0.25, -0.2) is 0 Å². The summed E-state index contributed by atoms with van der Waals surface area (Å²) in [6, 6.07) is 16.7. The van der Waals surface area contributed by atoms with Crippen LogP contribution in [0.25, 0.3) is 10.6 Å². The zero-order valence-corrected chi connectivity index (χ0v) is 17.2. The molecule has 9 heteroatoms. The molecule has 0 saturated carbocycles. The Morgan fingerprint density at radius 3 is 2.33 bits per heavy atom. The number of carbonyl (C=O) groups is 1. The van der Waals surface area contributed by atoms with Gasteiger partial charge in [0.1, 0.15) is 11.2 Å². The zero-order chi connectivity index (χ0) is 19.4. The number of amides is 1. The summed E-state index contributed by atoms with van der Waals surface area (Å²) in [5.41, 5.74) is 2.44. The van der Waals surface area contributed by atoms with Gasteiger partial charge in [0.25, 0.3) is 5.91 Å². The number of halogens is 3. The van der Waals surface area contributed by atoms with Gasteiger partial charge in [-0.3, -0.25) is 4.79 Å². The van der Waals surface area contributed by atoms with Crippen molar-refractivity contribution >= 4 is 57.2 Å². The molecule has 0 aliphatic rings. The maximum Gasteiger partial charge on any atom is 0.252 e. The molecule has 0 bridgehead atoms. The van der Waals surface area contributed by atoms with Crippen LogP contribution in [0.3, 0.4) is 0 Å². The van der Waals surface area contributed by atoms with E-state index in [1.807, 2.05) is 49.4 Å². The topological polar surface area (TPSA) is 66.9 Å². The first-order valence-corrected chi connectivity index (χ1v) is 9.87. The van der Waals surface area contributed by atoms with E-state index in [1.54, 1.807) is 12.1 Å². The Balaban J connectivity index is 1.75. The van der Waals surface area contributed by atoms with Gasteiger partial charge in [0.15, 0.2) is 0 Å². The van der Waals surface area contributed by atoms with Gasteiger partial charge >= 0.3 is 0 Å². The quantitative estimate of drug-likeness (QED) is 0.429. The molecule has 2 aromatic carbocycles. The number of hydrogen-bond donors (Lipinski definition) is 2. The minimum Gasteiger partial charge on any atom is -0.336 e. The fourth-order valence-electron chi connectivity index (χ4n) is 2.22. The number of nitrogens with one attached hydrogen (secondary N) is 2. The molecule has 27 heavy (non-hydrogen) atoms. The standard InChI is InChI=1S/C18H15Cl3N4OS/c1-11-7-9-12(10-8-11)14(26)22-16(18(19,20)21)23-17-25-24-15(27-17)13-5-3-2-4-6-13/h2-10,16H,1H3,(H,22,26)(H,23,25). The van der Waals surface area contributed by atoms with Crippen LogP contribution in [0.4, 0.5) is 5.13 Å². The van der Waals surface area contributed by atoms with Crippen LogP contribution in [0.15, 0.2) is 54.6 Å². The Bertz CT molecular complexity index is 910. The molecule has 1 aromatic heterocycles. The second-order valence-electron chi connectivity index (χ2n) is 5.74. The molecular weight excluding hydrogens is 427 g/mol. The van der Waals surface area contributed by atoms with Crippen molar-refractivity contribution in [2.24, 2.45) is 0 Å². The van der Waals surface area contributed by atoms with Gasteiger partial charge in [0, 0.05) is 11.1 Å². The average molecular weight is 442 g/mol. The molecule has 3 aromatic rings. The third-order valence-corrected chi connectivity index (χ3v) is 5.19. The highest BCUT2D eigenvalue weighted by molar-refractivity contribution is 7.18. The molecule has 0 radical (unpaired) electrons. The van der Waals surface area contributed by atoms with Crippen LogP contribution in [-0.4, -0.2) is 26.1 Å². The lowest BCUT2D eigenvalue weighted by Gasteiger charge is -2.26. The summed E-state index contributed by atoms with van der Waals surface area (Å²) in [5, 5.41) is 15.0. The second kappa shape index (κ2) is 8.44. The van der Waals surface area contributed by atoms with Crippen molar-refractivity contribution in [1.29, 1.82) is 0 Å². The summed E-state index contributed by atoms with van der Waals surface area (Å²) in [7, 11) is 0. The summed E-state index contributed by atoms with van der Waals surface area (Å²) in [6.07, 6.45) is -0.993. The number of aryl methyl sites for hydroxylation is 1. The van der Waals surface area contributed by atoms with Crippen molar-refractivity contribution in [1.82, 2.24) is 15.5 Å². The van der Waals surface area contributed by atoms with Crippen LogP contribution in [0, 0.1) is 6.92 Å². The minimum atomic E-state index is -1.79. The van der Waals surface area contributed by atoms with Crippen LogP contribution >= 0.6 is 46.1 Å². The van der Waals surface area contributed by atoms with Crippen molar-refractivity contribution in [2.45, 2.75) is 16.9 Å². The lowest BCUT2D eigenvalue weighted by molar-refractivity contribution is 0.0942. The van der Waals surface area contributed by atoms with E-state index >= 15 is 0 Å². The zero-order valence-electron chi connectivity index (χ0n) is 14.1. The number of rotatable bonds is 5. The van der Waals surface area contributed by atoms with Gasteiger partial charge in [0.05, 0.1) is 0 Å². The third-order valence-electron chi connectivity index (χ3n) is 3.63. The van der Waals surface area contributed by atoms with E-state index in [-0.39, 0.29) is 5.91 Å². The average Bonchev–Trinajstić information content (AvgIpc) is 3.10. The molecular formula is C18H15Cl3N4OS. The van der Waals surface area contributed by atoms with E-state index in [4.69, 9.17) is 34.8 Å². The van der Waals surface area contributed by atoms with Gasteiger partial charge in [-0.15, -0.1) is 10.2 Å². The van der Waals surface area contributed by atoms with Crippen LogP contribution < -0.4 is 10.6 Å². The number of aromatic nitrogens is 2. The molecule has 0 fully saturated rings. The van der Waals surface area contributed by atoms with Crippen molar-refractivity contribution in [3.8, 4) is 10.6 Å². The smallest absolute Gasteiger partial charge is 0.252 e. The normalized spacial score (nSPS) is 12.4. The summed E-state index contributed by atoms with van der Waals surface area (Å²) >= 11 is 19.4. The molecule has 1 atom stereocenters. The highest BCUT2D eigenvalue weighted by Gasteiger charge is 2.35. The number of hydrogen-bond acceptors (Lipinski definition) is 5. The maximum atomic E-state index is 12.5. The van der Waals surface area contributed by atoms with E-state index in [0.717, 1.165) is 11.1 Å². The number of alkyl halides is 3. The van der Waals surface area contributed by atoms with Crippen molar-refractivity contribution in [3.63, 3.8) is 0 Å². The van der Waals surface area contributed by atoms with Crippen molar-refractivity contribution in [3.05, 3.63) is 65.7 Å². The lowest BCUT2D eigenvalue weighted by Crippen LogP contribution is -2.49. The minimum absolute atomic E-state index is 0.369. The Hall–Kier alpha value is -1.86. The Kier molecular flexibility index (Phi) is 6.22. The molecule has 0 aliphatic carbocycles. The lowest BCUT2D eigenvalue weighted by atomic mass is 10.1. The fraction of sp³-hybridized carbons (Fsp3) is 0.167. The highest BCUT2D eigenvalue weighted by Crippen LogP contribution is 2.33. The molecule has 0 spiro atoms.